The first kappa shape index (κ1) is 17.8. The first-order valence-corrected chi connectivity index (χ1v) is 10.2. The molecule has 0 bridgehead atoms. The van der Waals surface area contributed by atoms with Crippen molar-refractivity contribution in [2.75, 3.05) is 5.32 Å². The van der Waals surface area contributed by atoms with Crippen LogP contribution in [0.2, 0.25) is 0 Å². The molecule has 4 heteroatoms. The van der Waals surface area contributed by atoms with E-state index in [1.165, 1.54) is 16.0 Å². The summed E-state index contributed by atoms with van der Waals surface area (Å²) < 4.78 is 2.27. The lowest BCUT2D eigenvalue weighted by Gasteiger charge is -2.19. The van der Waals surface area contributed by atoms with E-state index in [0.717, 1.165) is 30.1 Å². The van der Waals surface area contributed by atoms with Gasteiger partial charge in [0.05, 0.1) is 24.1 Å². The summed E-state index contributed by atoms with van der Waals surface area (Å²) >= 11 is 1.76. The van der Waals surface area contributed by atoms with Gasteiger partial charge in [-0.1, -0.05) is 63.2 Å². The van der Waals surface area contributed by atoms with Gasteiger partial charge in [0.1, 0.15) is 0 Å². The van der Waals surface area contributed by atoms with Crippen molar-refractivity contribution in [2.45, 2.75) is 39.3 Å². The molecule has 0 saturated carbocycles. The summed E-state index contributed by atoms with van der Waals surface area (Å²) in [6, 6.07) is 21.5. The topological polar surface area (TPSA) is 29.9 Å². The Bertz CT molecular complexity index is 1020. The van der Waals surface area contributed by atoms with Crippen LogP contribution in [0.4, 0.5) is 5.95 Å². The van der Waals surface area contributed by atoms with Gasteiger partial charge in [0.25, 0.3) is 0 Å². The van der Waals surface area contributed by atoms with Crippen molar-refractivity contribution in [1.29, 1.82) is 0 Å². The summed E-state index contributed by atoms with van der Waals surface area (Å²) in [5, 5.41) is 5.63. The molecular formula is C23H25N3S. The highest BCUT2D eigenvalue weighted by Gasteiger charge is 2.14. The Morgan fingerprint density at radius 2 is 1.74 bits per heavy atom. The van der Waals surface area contributed by atoms with Crippen LogP contribution in [0.15, 0.2) is 66.0 Å². The molecule has 0 unspecified atom stereocenters. The molecule has 3 nitrogen and oxygen atoms in total. The fourth-order valence-corrected chi connectivity index (χ4v) is 3.89. The molecule has 0 radical (unpaired) electrons. The molecule has 0 spiro atoms. The Kier molecular flexibility index (Phi) is 4.75. The van der Waals surface area contributed by atoms with Crippen LogP contribution in [-0.2, 0) is 18.5 Å². The number of anilines is 1. The van der Waals surface area contributed by atoms with E-state index in [9.17, 15) is 0 Å². The lowest BCUT2D eigenvalue weighted by Crippen LogP contribution is -2.11. The van der Waals surface area contributed by atoms with Crippen LogP contribution in [0, 0.1) is 0 Å². The summed E-state index contributed by atoms with van der Waals surface area (Å²) in [5.41, 5.74) is 5.00. The quantitative estimate of drug-likeness (QED) is 0.460. The fourth-order valence-electron chi connectivity index (χ4n) is 3.24. The van der Waals surface area contributed by atoms with Gasteiger partial charge >= 0.3 is 0 Å². The minimum atomic E-state index is 0.174. The van der Waals surface area contributed by atoms with Crippen molar-refractivity contribution in [1.82, 2.24) is 9.55 Å². The van der Waals surface area contributed by atoms with Crippen molar-refractivity contribution < 1.29 is 0 Å². The van der Waals surface area contributed by atoms with Gasteiger partial charge in [-0.05, 0) is 40.1 Å². The third-order valence-electron chi connectivity index (χ3n) is 4.82. The third kappa shape index (κ3) is 3.91. The summed E-state index contributed by atoms with van der Waals surface area (Å²) in [5.74, 6) is 0.921. The molecular weight excluding hydrogens is 350 g/mol. The van der Waals surface area contributed by atoms with E-state index in [2.05, 4.69) is 90.6 Å². The first-order valence-electron chi connectivity index (χ1n) is 9.32. The maximum atomic E-state index is 4.82. The number of para-hydroxylation sites is 2. The Morgan fingerprint density at radius 1 is 0.963 bits per heavy atom. The molecule has 0 saturated heterocycles. The van der Waals surface area contributed by atoms with Crippen molar-refractivity contribution in [2.24, 2.45) is 0 Å². The SMILES string of the molecule is CC(C)(C)c1ccc(Cn2c(NCc3cccs3)nc3ccccc32)cc1. The van der Waals surface area contributed by atoms with Gasteiger partial charge in [0, 0.05) is 4.88 Å². The average molecular weight is 376 g/mol. The molecule has 138 valence electrons. The van der Waals surface area contributed by atoms with Gasteiger partial charge in [0.15, 0.2) is 0 Å². The number of hydrogen-bond donors (Lipinski definition) is 1. The van der Waals surface area contributed by atoms with Crippen molar-refractivity contribution >= 4 is 28.3 Å². The molecule has 2 aromatic carbocycles. The van der Waals surface area contributed by atoms with Crippen LogP contribution in [0.3, 0.4) is 0 Å². The molecule has 0 atom stereocenters. The Hall–Kier alpha value is -2.59. The Labute approximate surface area is 164 Å². The van der Waals surface area contributed by atoms with Crippen LogP contribution in [-0.4, -0.2) is 9.55 Å². The van der Waals surface area contributed by atoms with Crippen LogP contribution < -0.4 is 5.32 Å². The molecule has 1 N–H and O–H groups in total. The average Bonchev–Trinajstić information content (AvgIpc) is 3.28. The largest absolute Gasteiger partial charge is 0.351 e. The Morgan fingerprint density at radius 3 is 2.44 bits per heavy atom. The fraction of sp³-hybridized carbons (Fsp3) is 0.261. The van der Waals surface area contributed by atoms with Gasteiger partial charge < -0.3 is 9.88 Å². The number of imidazole rings is 1. The van der Waals surface area contributed by atoms with E-state index in [4.69, 9.17) is 4.98 Å². The van der Waals surface area contributed by atoms with Gasteiger partial charge in [-0.3, -0.25) is 0 Å². The van der Waals surface area contributed by atoms with E-state index in [-0.39, 0.29) is 5.41 Å². The molecule has 0 aliphatic carbocycles. The number of hydrogen-bond acceptors (Lipinski definition) is 3. The lowest BCUT2D eigenvalue weighted by molar-refractivity contribution is 0.590. The molecule has 0 aliphatic rings. The monoisotopic (exact) mass is 375 g/mol. The number of benzene rings is 2. The maximum Gasteiger partial charge on any atom is 0.204 e. The number of fused-ring (bicyclic) bond motifs is 1. The lowest BCUT2D eigenvalue weighted by atomic mass is 9.87. The highest BCUT2D eigenvalue weighted by atomic mass is 32.1. The third-order valence-corrected chi connectivity index (χ3v) is 5.69. The van der Waals surface area contributed by atoms with Crippen LogP contribution >= 0.6 is 11.3 Å². The number of nitrogens with one attached hydrogen (secondary N) is 1. The van der Waals surface area contributed by atoms with Crippen LogP contribution in [0.1, 0.15) is 36.8 Å². The van der Waals surface area contributed by atoms with Crippen LogP contribution in [0.5, 0.6) is 0 Å². The second kappa shape index (κ2) is 7.20. The minimum absolute atomic E-state index is 0.174. The smallest absolute Gasteiger partial charge is 0.204 e. The maximum absolute atomic E-state index is 4.82. The highest BCUT2D eigenvalue weighted by Crippen LogP contribution is 2.25. The molecule has 0 fully saturated rings. The van der Waals surface area contributed by atoms with Crippen LogP contribution in [0.25, 0.3) is 11.0 Å². The highest BCUT2D eigenvalue weighted by molar-refractivity contribution is 7.09. The molecule has 0 aliphatic heterocycles. The van der Waals surface area contributed by atoms with E-state index in [1.54, 1.807) is 11.3 Å². The number of nitrogens with zero attached hydrogens (tertiary/aromatic N) is 2. The van der Waals surface area contributed by atoms with Crippen molar-refractivity contribution in [3.8, 4) is 0 Å². The summed E-state index contributed by atoms with van der Waals surface area (Å²) in [4.78, 5) is 6.13. The van der Waals surface area contributed by atoms with Gasteiger partial charge in [0.2, 0.25) is 5.95 Å². The first-order chi connectivity index (χ1) is 13.0. The zero-order valence-corrected chi connectivity index (χ0v) is 16.9. The van der Waals surface area contributed by atoms with Crippen molar-refractivity contribution in [3.63, 3.8) is 0 Å². The normalized spacial score (nSPS) is 11.8. The number of rotatable bonds is 5. The minimum Gasteiger partial charge on any atom is -0.351 e. The predicted molar refractivity (Wildman–Crippen MR) is 116 cm³/mol. The molecule has 2 heterocycles. The van der Waals surface area contributed by atoms with Gasteiger partial charge in [-0.2, -0.15) is 0 Å². The zero-order valence-electron chi connectivity index (χ0n) is 16.1. The molecule has 2 aromatic heterocycles. The predicted octanol–water partition coefficient (Wildman–Crippen LogP) is 6.06. The standard InChI is InChI=1S/C23H25N3S/c1-23(2,3)18-12-10-17(11-13-18)16-26-21-9-5-4-8-20(21)25-22(26)24-15-19-7-6-14-27-19/h4-14H,15-16H2,1-3H3,(H,24,25). The molecule has 27 heavy (non-hydrogen) atoms. The van der Waals surface area contributed by atoms with Gasteiger partial charge in [-0.15, -0.1) is 11.3 Å². The number of thiophene rings is 1. The van der Waals surface area contributed by atoms with E-state index in [0.29, 0.717) is 0 Å². The van der Waals surface area contributed by atoms with Gasteiger partial charge in [-0.25, -0.2) is 4.98 Å². The second-order valence-corrected chi connectivity index (χ2v) is 8.92. The zero-order chi connectivity index (χ0) is 18.9. The summed E-state index contributed by atoms with van der Waals surface area (Å²) in [6.45, 7) is 8.34. The van der Waals surface area contributed by atoms with E-state index >= 15 is 0 Å². The van der Waals surface area contributed by atoms with E-state index in [1.807, 2.05) is 6.07 Å². The second-order valence-electron chi connectivity index (χ2n) is 7.89. The Balaban J connectivity index is 1.64. The number of aromatic nitrogens is 2. The van der Waals surface area contributed by atoms with E-state index < -0.39 is 0 Å². The summed E-state index contributed by atoms with van der Waals surface area (Å²) in [6.07, 6.45) is 0. The molecule has 4 aromatic rings. The molecule has 0 amide bonds. The molecule has 4 rings (SSSR count). The summed E-state index contributed by atoms with van der Waals surface area (Å²) in [7, 11) is 0. The van der Waals surface area contributed by atoms with Crippen molar-refractivity contribution in [3.05, 3.63) is 82.0 Å².